The van der Waals surface area contributed by atoms with Gasteiger partial charge in [-0.15, -0.1) is 0 Å². The van der Waals surface area contributed by atoms with Gasteiger partial charge in [-0.1, -0.05) is 12.1 Å². The van der Waals surface area contributed by atoms with Gasteiger partial charge in [-0.3, -0.25) is 9.36 Å². The average molecular weight is 276 g/mol. The number of hydrogen-bond acceptors (Lipinski definition) is 3. The fraction of sp³-hybridized carbons (Fsp3) is 0.429. The number of nitrogens with zero attached hydrogens (tertiary/aromatic N) is 1. The molecule has 1 unspecified atom stereocenters. The molecular weight excluding hydrogens is 260 g/mol. The van der Waals surface area contributed by atoms with E-state index in [1.165, 1.54) is 0 Å². The molecule has 1 aliphatic rings. The number of fused-ring (bicyclic) bond motifs is 1. The van der Waals surface area contributed by atoms with Gasteiger partial charge in [0.25, 0.3) is 5.56 Å². The van der Waals surface area contributed by atoms with Gasteiger partial charge in [-0.2, -0.15) is 0 Å². The van der Waals surface area contributed by atoms with Crippen LogP contribution in [-0.4, -0.2) is 21.8 Å². The van der Waals surface area contributed by atoms with E-state index in [0.29, 0.717) is 16.7 Å². The molecule has 1 aromatic carbocycles. The van der Waals surface area contributed by atoms with E-state index in [-0.39, 0.29) is 11.2 Å². The van der Waals surface area contributed by atoms with Crippen LogP contribution in [0.3, 0.4) is 0 Å². The first-order valence-electron chi connectivity index (χ1n) is 6.45. The van der Waals surface area contributed by atoms with E-state index in [0.717, 1.165) is 25.0 Å². The van der Waals surface area contributed by atoms with Crippen molar-refractivity contribution in [2.75, 3.05) is 6.61 Å². The lowest BCUT2D eigenvalue weighted by Crippen LogP contribution is -2.35. The molecule has 4 nitrogen and oxygen atoms in total. The summed E-state index contributed by atoms with van der Waals surface area (Å²) in [6, 6.07) is 7.43. The van der Waals surface area contributed by atoms with Gasteiger partial charge in [0.05, 0.1) is 23.0 Å². The Balaban J connectivity index is 2.13. The molecule has 0 radical (unpaired) electrons. The number of nitrogens with one attached hydrogen (secondary N) is 1. The van der Waals surface area contributed by atoms with Gasteiger partial charge < -0.3 is 9.72 Å². The molecule has 0 bridgehead atoms. The lowest BCUT2D eigenvalue weighted by atomic mass is 10.0. The maximum absolute atomic E-state index is 12.5. The second kappa shape index (κ2) is 4.58. The van der Waals surface area contributed by atoms with E-state index in [4.69, 9.17) is 17.0 Å². The van der Waals surface area contributed by atoms with Gasteiger partial charge in [0.1, 0.15) is 0 Å². The number of aromatic amines is 1. The first-order chi connectivity index (χ1) is 9.09. The maximum Gasteiger partial charge on any atom is 0.262 e. The van der Waals surface area contributed by atoms with E-state index in [1.54, 1.807) is 4.57 Å². The van der Waals surface area contributed by atoms with E-state index < -0.39 is 0 Å². The molecule has 1 fully saturated rings. The summed E-state index contributed by atoms with van der Waals surface area (Å²) in [5.41, 5.74) is 0.454. The first kappa shape index (κ1) is 12.6. The van der Waals surface area contributed by atoms with E-state index >= 15 is 0 Å². The van der Waals surface area contributed by atoms with Gasteiger partial charge in [0.2, 0.25) is 0 Å². The lowest BCUT2D eigenvalue weighted by Gasteiger charge is -2.24. The van der Waals surface area contributed by atoms with Gasteiger partial charge in [0, 0.05) is 6.61 Å². The number of rotatable bonds is 2. The summed E-state index contributed by atoms with van der Waals surface area (Å²) in [5, 5.41) is 0.665. The van der Waals surface area contributed by atoms with Crippen molar-refractivity contribution in [3.05, 3.63) is 39.4 Å². The highest BCUT2D eigenvalue weighted by molar-refractivity contribution is 7.71. The van der Waals surface area contributed by atoms with E-state index in [2.05, 4.69) is 4.98 Å². The number of aromatic nitrogens is 2. The van der Waals surface area contributed by atoms with Crippen LogP contribution in [-0.2, 0) is 11.3 Å². The Morgan fingerprint density at radius 2 is 2.26 bits per heavy atom. The molecule has 2 aromatic rings. The number of ether oxygens (including phenoxy) is 1. The van der Waals surface area contributed by atoms with Crippen LogP contribution in [0.5, 0.6) is 0 Å². The molecule has 2 heterocycles. The SMILES string of the molecule is CC1(Cn2c(=S)[nH]c3ccccc3c2=O)CCCO1. The van der Waals surface area contributed by atoms with Crippen molar-refractivity contribution in [3.8, 4) is 0 Å². The minimum atomic E-state index is -0.284. The second-order valence-corrected chi connectivity index (χ2v) is 5.66. The molecule has 0 spiro atoms. The highest BCUT2D eigenvalue weighted by Crippen LogP contribution is 2.26. The summed E-state index contributed by atoms with van der Waals surface area (Å²) in [6.45, 7) is 3.30. The van der Waals surface area contributed by atoms with Crippen LogP contribution in [0.1, 0.15) is 19.8 Å². The smallest absolute Gasteiger partial charge is 0.262 e. The van der Waals surface area contributed by atoms with Crippen LogP contribution in [0, 0.1) is 4.77 Å². The fourth-order valence-corrected chi connectivity index (χ4v) is 2.90. The zero-order valence-corrected chi connectivity index (χ0v) is 11.6. The average Bonchev–Trinajstić information content (AvgIpc) is 2.82. The van der Waals surface area contributed by atoms with Crippen molar-refractivity contribution < 1.29 is 4.74 Å². The van der Waals surface area contributed by atoms with Crippen LogP contribution in [0.2, 0.25) is 0 Å². The zero-order chi connectivity index (χ0) is 13.5. The van der Waals surface area contributed by atoms with Gasteiger partial charge in [-0.25, -0.2) is 0 Å². The van der Waals surface area contributed by atoms with Crippen LogP contribution in [0.25, 0.3) is 10.9 Å². The number of H-pyrrole nitrogens is 1. The topological polar surface area (TPSA) is 47.0 Å². The monoisotopic (exact) mass is 276 g/mol. The summed E-state index contributed by atoms with van der Waals surface area (Å²) in [6.07, 6.45) is 2.00. The largest absolute Gasteiger partial charge is 0.373 e. The Hall–Kier alpha value is -1.46. The Kier molecular flexibility index (Phi) is 3.03. The predicted molar refractivity (Wildman–Crippen MR) is 77.0 cm³/mol. The van der Waals surface area contributed by atoms with Crippen LogP contribution in [0.4, 0.5) is 0 Å². The molecule has 100 valence electrons. The highest BCUT2D eigenvalue weighted by atomic mass is 32.1. The molecule has 0 saturated carbocycles. The van der Waals surface area contributed by atoms with Crippen molar-refractivity contribution in [2.45, 2.75) is 31.9 Å². The number of hydrogen-bond donors (Lipinski definition) is 1. The molecule has 5 heteroatoms. The maximum atomic E-state index is 12.5. The summed E-state index contributed by atoms with van der Waals surface area (Å²) in [5.74, 6) is 0. The highest BCUT2D eigenvalue weighted by Gasteiger charge is 2.31. The quantitative estimate of drug-likeness (QED) is 0.858. The third-order valence-corrected chi connectivity index (χ3v) is 4.00. The predicted octanol–water partition coefficient (Wildman–Crippen LogP) is 2.63. The molecule has 1 atom stereocenters. The lowest BCUT2D eigenvalue weighted by molar-refractivity contribution is 0.00507. The summed E-state index contributed by atoms with van der Waals surface area (Å²) in [4.78, 5) is 15.6. The van der Waals surface area contributed by atoms with Crippen molar-refractivity contribution in [1.29, 1.82) is 0 Å². The third-order valence-electron chi connectivity index (χ3n) is 3.68. The Labute approximate surface area is 116 Å². The van der Waals surface area contributed by atoms with Crippen LogP contribution < -0.4 is 5.56 Å². The summed E-state index contributed by atoms with van der Waals surface area (Å²) < 4.78 is 7.82. The molecule has 1 aliphatic heterocycles. The summed E-state index contributed by atoms with van der Waals surface area (Å²) >= 11 is 5.30. The summed E-state index contributed by atoms with van der Waals surface area (Å²) in [7, 11) is 0. The van der Waals surface area contributed by atoms with E-state index in [1.807, 2.05) is 31.2 Å². The molecule has 0 amide bonds. The van der Waals surface area contributed by atoms with Crippen LogP contribution >= 0.6 is 12.2 Å². The van der Waals surface area contributed by atoms with Gasteiger partial charge in [-0.05, 0) is 44.1 Å². The van der Waals surface area contributed by atoms with Crippen LogP contribution in [0.15, 0.2) is 29.1 Å². The first-order valence-corrected chi connectivity index (χ1v) is 6.86. The Morgan fingerprint density at radius 3 is 3.00 bits per heavy atom. The van der Waals surface area contributed by atoms with Crippen molar-refractivity contribution >= 4 is 23.1 Å². The third kappa shape index (κ3) is 2.24. The molecule has 3 rings (SSSR count). The molecule has 1 aromatic heterocycles. The molecule has 19 heavy (non-hydrogen) atoms. The Bertz CT molecular complexity index is 726. The van der Waals surface area contributed by atoms with Gasteiger partial charge in [0.15, 0.2) is 4.77 Å². The molecular formula is C14H16N2O2S. The molecule has 1 saturated heterocycles. The van der Waals surface area contributed by atoms with Crippen molar-refractivity contribution in [3.63, 3.8) is 0 Å². The van der Waals surface area contributed by atoms with E-state index in [9.17, 15) is 4.79 Å². The fourth-order valence-electron chi connectivity index (χ4n) is 2.64. The normalized spacial score (nSPS) is 23.0. The molecule has 1 N–H and O–H groups in total. The van der Waals surface area contributed by atoms with Gasteiger partial charge >= 0.3 is 0 Å². The number of para-hydroxylation sites is 1. The van der Waals surface area contributed by atoms with Crippen molar-refractivity contribution in [1.82, 2.24) is 9.55 Å². The number of benzene rings is 1. The minimum absolute atomic E-state index is 0.0453. The standard InChI is InChI=1S/C14H16N2O2S/c1-14(7-4-8-18-14)9-16-12(17)10-5-2-3-6-11(10)15-13(16)19/h2-3,5-6H,4,7-9H2,1H3,(H,15,19). The molecule has 0 aliphatic carbocycles. The van der Waals surface area contributed by atoms with Crippen molar-refractivity contribution in [2.24, 2.45) is 0 Å². The zero-order valence-electron chi connectivity index (χ0n) is 10.8. The minimum Gasteiger partial charge on any atom is -0.373 e. The Morgan fingerprint density at radius 1 is 1.47 bits per heavy atom. The second-order valence-electron chi connectivity index (χ2n) is 5.27.